The quantitative estimate of drug-likeness (QED) is 0.512. The van der Waals surface area contributed by atoms with Gasteiger partial charge in [-0.15, -0.1) is 0 Å². The van der Waals surface area contributed by atoms with Crippen molar-refractivity contribution in [2.45, 2.75) is 27.2 Å². The van der Waals surface area contributed by atoms with Crippen LogP contribution in [0.1, 0.15) is 27.2 Å². The first-order valence-electron chi connectivity index (χ1n) is 6.62. The number of carbonyl (C=O) groups is 2. The van der Waals surface area contributed by atoms with E-state index in [1.165, 1.54) is 0 Å². The monoisotopic (exact) mass is 273 g/mol. The van der Waals surface area contributed by atoms with E-state index in [9.17, 15) is 9.59 Å². The second-order valence-electron chi connectivity index (χ2n) is 5.35. The van der Waals surface area contributed by atoms with Crippen LogP contribution in [0.15, 0.2) is 0 Å². The van der Waals surface area contributed by atoms with E-state index < -0.39 is 5.41 Å². The minimum atomic E-state index is -0.415. The molecule has 2 amide bonds. The fourth-order valence-electron chi connectivity index (χ4n) is 1.23. The van der Waals surface area contributed by atoms with E-state index in [-0.39, 0.29) is 11.8 Å². The third-order valence-electron chi connectivity index (χ3n) is 2.43. The molecule has 0 heterocycles. The van der Waals surface area contributed by atoms with Crippen LogP contribution in [-0.2, 0) is 14.3 Å². The maximum atomic E-state index is 11.5. The van der Waals surface area contributed by atoms with Crippen LogP contribution in [0.3, 0.4) is 0 Å². The van der Waals surface area contributed by atoms with Crippen LogP contribution in [0, 0.1) is 5.41 Å². The predicted octanol–water partition coefficient (Wildman–Crippen LogP) is -0.109. The SMILES string of the molecule is COCCNCCNC(=O)CCNC(=O)C(C)(C)C. The molecule has 0 aromatic heterocycles. The zero-order chi connectivity index (χ0) is 14.7. The maximum absolute atomic E-state index is 11.5. The molecule has 6 nitrogen and oxygen atoms in total. The second-order valence-corrected chi connectivity index (χ2v) is 5.35. The molecule has 3 N–H and O–H groups in total. The highest BCUT2D eigenvalue weighted by atomic mass is 16.5. The van der Waals surface area contributed by atoms with Crippen molar-refractivity contribution in [1.29, 1.82) is 0 Å². The summed E-state index contributed by atoms with van der Waals surface area (Å²) in [7, 11) is 1.65. The molecular weight excluding hydrogens is 246 g/mol. The molecule has 0 saturated heterocycles. The van der Waals surface area contributed by atoms with Crippen LogP contribution in [0.25, 0.3) is 0 Å². The highest BCUT2D eigenvalue weighted by Crippen LogP contribution is 2.11. The summed E-state index contributed by atoms with van der Waals surface area (Å²) in [5.41, 5.74) is -0.415. The minimum Gasteiger partial charge on any atom is -0.383 e. The molecule has 0 unspecified atom stereocenters. The molecule has 0 radical (unpaired) electrons. The van der Waals surface area contributed by atoms with Crippen LogP contribution >= 0.6 is 0 Å². The molecule has 0 bridgehead atoms. The Labute approximate surface area is 115 Å². The zero-order valence-corrected chi connectivity index (χ0v) is 12.5. The Balaban J connectivity index is 3.48. The molecule has 0 fully saturated rings. The van der Waals surface area contributed by atoms with Crippen molar-refractivity contribution in [1.82, 2.24) is 16.0 Å². The van der Waals surface area contributed by atoms with Crippen LogP contribution in [0.2, 0.25) is 0 Å². The summed E-state index contributed by atoms with van der Waals surface area (Å²) in [6, 6.07) is 0. The number of methoxy groups -OCH3 is 1. The lowest BCUT2D eigenvalue weighted by Crippen LogP contribution is -2.38. The fourth-order valence-corrected chi connectivity index (χ4v) is 1.23. The van der Waals surface area contributed by atoms with Gasteiger partial charge >= 0.3 is 0 Å². The Hall–Kier alpha value is -1.14. The van der Waals surface area contributed by atoms with Crippen LogP contribution in [0.4, 0.5) is 0 Å². The smallest absolute Gasteiger partial charge is 0.225 e. The topological polar surface area (TPSA) is 79.5 Å². The molecule has 19 heavy (non-hydrogen) atoms. The summed E-state index contributed by atoms with van der Waals surface area (Å²) in [6.07, 6.45) is 0.305. The third kappa shape index (κ3) is 10.5. The number of ether oxygens (including phenoxy) is 1. The second kappa shape index (κ2) is 9.75. The molecule has 0 aromatic rings. The summed E-state index contributed by atoms with van der Waals surface area (Å²) >= 11 is 0. The van der Waals surface area contributed by atoms with E-state index in [1.54, 1.807) is 7.11 Å². The number of hydrogen-bond donors (Lipinski definition) is 3. The Morgan fingerprint density at radius 2 is 1.68 bits per heavy atom. The molecule has 0 rings (SSSR count). The Kier molecular flexibility index (Phi) is 9.16. The summed E-state index contributed by atoms with van der Waals surface area (Å²) < 4.78 is 4.88. The van der Waals surface area contributed by atoms with Crippen LogP contribution in [0.5, 0.6) is 0 Å². The van der Waals surface area contributed by atoms with Crippen molar-refractivity contribution < 1.29 is 14.3 Å². The predicted molar refractivity (Wildman–Crippen MR) is 74.8 cm³/mol. The average molecular weight is 273 g/mol. The van der Waals surface area contributed by atoms with Gasteiger partial charge in [0.1, 0.15) is 0 Å². The number of rotatable bonds is 9. The highest BCUT2D eigenvalue weighted by Gasteiger charge is 2.20. The molecule has 0 aromatic carbocycles. The van der Waals surface area contributed by atoms with E-state index in [0.29, 0.717) is 32.7 Å². The number of carbonyl (C=O) groups excluding carboxylic acids is 2. The zero-order valence-electron chi connectivity index (χ0n) is 12.5. The first-order valence-corrected chi connectivity index (χ1v) is 6.62. The highest BCUT2D eigenvalue weighted by molar-refractivity contribution is 5.82. The Morgan fingerprint density at radius 3 is 2.26 bits per heavy atom. The summed E-state index contributed by atoms with van der Waals surface area (Å²) in [6.45, 7) is 8.62. The third-order valence-corrected chi connectivity index (χ3v) is 2.43. The molecule has 6 heteroatoms. The van der Waals surface area contributed by atoms with E-state index in [1.807, 2.05) is 20.8 Å². The minimum absolute atomic E-state index is 0.0402. The Morgan fingerprint density at radius 1 is 1.00 bits per heavy atom. The van der Waals surface area contributed by atoms with Crippen molar-refractivity contribution in [3.8, 4) is 0 Å². The first kappa shape index (κ1) is 17.9. The standard InChI is InChI=1S/C13H27N3O3/c1-13(2,3)12(18)16-6-5-11(17)15-8-7-14-9-10-19-4/h14H,5-10H2,1-4H3,(H,15,17)(H,16,18). The van der Waals surface area contributed by atoms with Crippen molar-refractivity contribution in [3.05, 3.63) is 0 Å². The van der Waals surface area contributed by atoms with Gasteiger partial charge in [0.25, 0.3) is 0 Å². The molecule has 0 atom stereocenters. The van der Waals surface area contributed by atoms with E-state index in [4.69, 9.17) is 4.74 Å². The molecule has 0 aliphatic rings. The van der Waals surface area contributed by atoms with Gasteiger partial charge in [-0.1, -0.05) is 20.8 Å². The molecule has 0 aliphatic heterocycles. The van der Waals surface area contributed by atoms with Gasteiger partial charge in [0, 0.05) is 45.1 Å². The average Bonchev–Trinajstić information content (AvgIpc) is 2.32. The van der Waals surface area contributed by atoms with E-state index >= 15 is 0 Å². The van der Waals surface area contributed by atoms with Crippen molar-refractivity contribution >= 4 is 11.8 Å². The van der Waals surface area contributed by atoms with Crippen molar-refractivity contribution in [2.75, 3.05) is 39.9 Å². The molecule has 112 valence electrons. The number of amides is 2. The lowest BCUT2D eigenvalue weighted by Gasteiger charge is -2.17. The van der Waals surface area contributed by atoms with Gasteiger partial charge in [-0.2, -0.15) is 0 Å². The van der Waals surface area contributed by atoms with Gasteiger partial charge < -0.3 is 20.7 Å². The normalized spacial score (nSPS) is 11.2. The summed E-state index contributed by atoms with van der Waals surface area (Å²) in [4.78, 5) is 23.0. The summed E-state index contributed by atoms with van der Waals surface area (Å²) in [5, 5.41) is 8.64. The van der Waals surface area contributed by atoms with Gasteiger partial charge in [-0.3, -0.25) is 9.59 Å². The molecule has 0 aliphatic carbocycles. The largest absolute Gasteiger partial charge is 0.383 e. The summed E-state index contributed by atoms with van der Waals surface area (Å²) in [5.74, 6) is -0.0933. The van der Waals surface area contributed by atoms with Gasteiger partial charge in [0.2, 0.25) is 11.8 Å². The van der Waals surface area contributed by atoms with Gasteiger partial charge in [0.05, 0.1) is 6.61 Å². The lowest BCUT2D eigenvalue weighted by atomic mass is 9.96. The molecular formula is C13H27N3O3. The Bertz CT molecular complexity index is 275. The van der Waals surface area contributed by atoms with Gasteiger partial charge in [0.15, 0.2) is 0 Å². The van der Waals surface area contributed by atoms with Crippen LogP contribution < -0.4 is 16.0 Å². The number of nitrogens with one attached hydrogen (secondary N) is 3. The van der Waals surface area contributed by atoms with Crippen molar-refractivity contribution in [2.24, 2.45) is 5.41 Å². The van der Waals surface area contributed by atoms with E-state index in [2.05, 4.69) is 16.0 Å². The van der Waals surface area contributed by atoms with Gasteiger partial charge in [-0.25, -0.2) is 0 Å². The molecule has 0 spiro atoms. The van der Waals surface area contributed by atoms with E-state index in [0.717, 1.165) is 6.54 Å². The maximum Gasteiger partial charge on any atom is 0.225 e. The molecule has 0 saturated carbocycles. The van der Waals surface area contributed by atoms with Gasteiger partial charge in [-0.05, 0) is 0 Å². The number of hydrogen-bond acceptors (Lipinski definition) is 4. The van der Waals surface area contributed by atoms with Crippen molar-refractivity contribution in [3.63, 3.8) is 0 Å². The first-order chi connectivity index (χ1) is 8.88. The van der Waals surface area contributed by atoms with Crippen LogP contribution in [-0.4, -0.2) is 51.7 Å². The lowest BCUT2D eigenvalue weighted by molar-refractivity contribution is -0.128. The fraction of sp³-hybridized carbons (Fsp3) is 0.846.